The molecule has 176 valence electrons. The molecule has 0 unspecified atom stereocenters. The summed E-state index contributed by atoms with van der Waals surface area (Å²) in [4.78, 5) is 33.3. The van der Waals surface area contributed by atoms with E-state index in [9.17, 15) is 9.59 Å². The van der Waals surface area contributed by atoms with Crippen molar-refractivity contribution in [2.24, 2.45) is 0 Å². The van der Waals surface area contributed by atoms with Gasteiger partial charge in [-0.05, 0) is 75.9 Å². The molecule has 0 aliphatic carbocycles. The molecular formula is C27H30N4O3. The molecule has 1 aromatic carbocycles. The number of rotatable bonds is 6. The lowest BCUT2D eigenvalue weighted by molar-refractivity contribution is 0.0950. The number of fused-ring (bicyclic) bond motifs is 1. The quantitative estimate of drug-likeness (QED) is 0.423. The van der Waals surface area contributed by atoms with Crippen molar-refractivity contribution in [3.05, 3.63) is 79.7 Å². The van der Waals surface area contributed by atoms with E-state index in [0.29, 0.717) is 11.1 Å². The molecule has 7 nitrogen and oxygen atoms in total. The van der Waals surface area contributed by atoms with Crippen LogP contribution in [0.4, 0.5) is 0 Å². The average Bonchev–Trinajstić information content (AvgIpc) is 3.11. The lowest BCUT2D eigenvalue weighted by Crippen LogP contribution is -2.29. The number of hydrogen-bond acceptors (Lipinski definition) is 5. The number of carbonyl (C=O) groups excluding carboxylic acids is 1. The highest BCUT2D eigenvalue weighted by Crippen LogP contribution is 2.35. The molecule has 0 radical (unpaired) electrons. The molecule has 4 aromatic rings. The van der Waals surface area contributed by atoms with Gasteiger partial charge in [-0.3, -0.25) is 14.6 Å². The topological polar surface area (TPSA) is 101 Å². The van der Waals surface area contributed by atoms with Crippen LogP contribution in [0, 0.1) is 34.6 Å². The van der Waals surface area contributed by atoms with E-state index in [1.54, 1.807) is 0 Å². The molecule has 0 saturated heterocycles. The van der Waals surface area contributed by atoms with Crippen LogP contribution < -0.4 is 10.9 Å². The predicted octanol–water partition coefficient (Wildman–Crippen LogP) is 5.00. The second-order valence-corrected chi connectivity index (χ2v) is 8.86. The fraction of sp³-hybridized carbons (Fsp3) is 0.333. The first-order valence-corrected chi connectivity index (χ1v) is 11.5. The number of nitrogens with zero attached hydrogens (tertiary/aromatic N) is 2. The zero-order valence-corrected chi connectivity index (χ0v) is 20.5. The fourth-order valence-electron chi connectivity index (χ4n) is 4.61. The van der Waals surface area contributed by atoms with Crippen molar-refractivity contribution in [1.29, 1.82) is 0 Å². The van der Waals surface area contributed by atoms with E-state index in [4.69, 9.17) is 9.51 Å². The van der Waals surface area contributed by atoms with Crippen LogP contribution in [-0.4, -0.2) is 21.0 Å². The van der Waals surface area contributed by atoms with Gasteiger partial charge in [-0.15, -0.1) is 0 Å². The Morgan fingerprint density at radius 2 is 1.88 bits per heavy atom. The largest absolute Gasteiger partial charge is 0.361 e. The summed E-state index contributed by atoms with van der Waals surface area (Å²) in [7, 11) is 0. The van der Waals surface area contributed by atoms with Gasteiger partial charge in [-0.25, -0.2) is 0 Å². The van der Waals surface area contributed by atoms with Crippen LogP contribution in [0.3, 0.4) is 0 Å². The molecule has 0 fully saturated rings. The Bertz CT molecular complexity index is 1440. The van der Waals surface area contributed by atoms with E-state index in [2.05, 4.69) is 22.4 Å². The number of amides is 1. The molecule has 4 rings (SSSR count). The highest BCUT2D eigenvalue weighted by atomic mass is 16.5. The molecule has 3 heterocycles. The summed E-state index contributed by atoms with van der Waals surface area (Å²) in [5, 5.41) is 7.98. The summed E-state index contributed by atoms with van der Waals surface area (Å²) < 4.78 is 5.39. The number of aromatic amines is 1. The number of hydrogen-bond donors (Lipinski definition) is 2. The zero-order valence-electron chi connectivity index (χ0n) is 20.5. The standard InChI is InChI=1S/C27H30N4O3/c1-7-8-19-11-14(2)30-27(33)23(19)13-28-26(32)20-9-10-21-22(24-17(5)31-34-18(24)6)12-15(3)29-25(21)16(20)4/h9-12H,7-8,13H2,1-6H3,(H,28,32)(H,30,33). The third-order valence-corrected chi connectivity index (χ3v) is 6.22. The third-order valence-electron chi connectivity index (χ3n) is 6.22. The van der Waals surface area contributed by atoms with Crippen molar-refractivity contribution in [3.8, 4) is 11.1 Å². The molecule has 0 aliphatic heterocycles. The number of pyridine rings is 2. The molecular weight excluding hydrogens is 428 g/mol. The van der Waals surface area contributed by atoms with Crippen molar-refractivity contribution in [1.82, 2.24) is 20.4 Å². The summed E-state index contributed by atoms with van der Waals surface area (Å²) in [6, 6.07) is 7.74. The van der Waals surface area contributed by atoms with Crippen molar-refractivity contribution in [2.75, 3.05) is 0 Å². The minimum atomic E-state index is -0.232. The number of H-pyrrole nitrogens is 1. The first-order valence-electron chi connectivity index (χ1n) is 11.5. The van der Waals surface area contributed by atoms with Gasteiger partial charge in [0.2, 0.25) is 0 Å². The molecule has 0 bridgehead atoms. The van der Waals surface area contributed by atoms with E-state index < -0.39 is 0 Å². The Labute approximate surface area is 198 Å². The Kier molecular flexibility index (Phi) is 6.37. The lowest BCUT2D eigenvalue weighted by atomic mass is 9.95. The van der Waals surface area contributed by atoms with E-state index >= 15 is 0 Å². The van der Waals surface area contributed by atoms with Gasteiger partial charge in [0.15, 0.2) is 0 Å². The molecule has 0 spiro atoms. The molecule has 3 aromatic heterocycles. The molecule has 2 N–H and O–H groups in total. The Balaban J connectivity index is 1.71. The minimum absolute atomic E-state index is 0.152. The Hall–Kier alpha value is -3.74. The van der Waals surface area contributed by atoms with Gasteiger partial charge in [0, 0.05) is 40.0 Å². The summed E-state index contributed by atoms with van der Waals surface area (Å²) >= 11 is 0. The van der Waals surface area contributed by atoms with Crippen molar-refractivity contribution in [3.63, 3.8) is 0 Å². The van der Waals surface area contributed by atoms with Gasteiger partial charge in [-0.1, -0.05) is 24.6 Å². The Morgan fingerprint density at radius 3 is 2.56 bits per heavy atom. The van der Waals surface area contributed by atoms with Crippen LogP contribution in [0.25, 0.3) is 22.0 Å². The number of benzene rings is 1. The summed E-state index contributed by atoms with van der Waals surface area (Å²) in [5.74, 6) is 0.513. The second-order valence-electron chi connectivity index (χ2n) is 8.86. The van der Waals surface area contributed by atoms with Gasteiger partial charge in [0.05, 0.1) is 11.2 Å². The molecule has 7 heteroatoms. The summed E-state index contributed by atoms with van der Waals surface area (Å²) in [6.45, 7) is 11.8. The SMILES string of the molecule is CCCc1cc(C)[nH]c(=O)c1CNC(=O)c1ccc2c(-c3c(C)noc3C)cc(C)nc2c1C. The minimum Gasteiger partial charge on any atom is -0.361 e. The summed E-state index contributed by atoms with van der Waals surface area (Å²) in [5.41, 5.74) is 7.95. The van der Waals surface area contributed by atoms with Crippen molar-refractivity contribution in [2.45, 2.75) is 60.9 Å². The lowest BCUT2D eigenvalue weighted by Gasteiger charge is -2.14. The first-order chi connectivity index (χ1) is 16.2. The molecule has 1 amide bonds. The maximum absolute atomic E-state index is 13.2. The summed E-state index contributed by atoms with van der Waals surface area (Å²) in [6.07, 6.45) is 1.71. The van der Waals surface area contributed by atoms with E-state index in [0.717, 1.165) is 68.8 Å². The maximum Gasteiger partial charge on any atom is 0.253 e. The number of nitrogens with one attached hydrogen (secondary N) is 2. The van der Waals surface area contributed by atoms with Crippen LogP contribution in [-0.2, 0) is 13.0 Å². The zero-order chi connectivity index (χ0) is 24.6. The second kappa shape index (κ2) is 9.25. The fourth-order valence-corrected chi connectivity index (χ4v) is 4.61. The third kappa shape index (κ3) is 4.25. The van der Waals surface area contributed by atoms with Gasteiger partial charge in [-0.2, -0.15) is 0 Å². The van der Waals surface area contributed by atoms with Crippen LogP contribution in [0.1, 0.15) is 63.2 Å². The predicted molar refractivity (Wildman–Crippen MR) is 133 cm³/mol. The molecule has 0 atom stereocenters. The smallest absolute Gasteiger partial charge is 0.253 e. The highest BCUT2D eigenvalue weighted by molar-refractivity contribution is 6.04. The van der Waals surface area contributed by atoms with Gasteiger partial charge in [0.1, 0.15) is 5.76 Å². The van der Waals surface area contributed by atoms with Crippen LogP contribution in [0.2, 0.25) is 0 Å². The van der Waals surface area contributed by atoms with Gasteiger partial charge >= 0.3 is 0 Å². The van der Waals surface area contributed by atoms with E-state index in [1.165, 1.54) is 0 Å². The first kappa shape index (κ1) is 23.4. The number of aryl methyl sites for hydroxylation is 6. The van der Waals surface area contributed by atoms with Crippen LogP contribution in [0.15, 0.2) is 33.6 Å². The monoisotopic (exact) mass is 458 g/mol. The van der Waals surface area contributed by atoms with Crippen molar-refractivity contribution < 1.29 is 9.32 Å². The average molecular weight is 459 g/mol. The Morgan fingerprint density at radius 1 is 1.12 bits per heavy atom. The van der Waals surface area contributed by atoms with Gasteiger partial charge in [0.25, 0.3) is 11.5 Å². The maximum atomic E-state index is 13.2. The molecule has 34 heavy (non-hydrogen) atoms. The number of carbonyl (C=O) groups is 1. The number of aromatic nitrogens is 3. The molecule has 0 aliphatic rings. The normalized spacial score (nSPS) is 11.2. The van der Waals surface area contributed by atoms with E-state index in [-0.39, 0.29) is 18.0 Å². The van der Waals surface area contributed by atoms with E-state index in [1.807, 2.05) is 58.9 Å². The van der Waals surface area contributed by atoms with Crippen LogP contribution >= 0.6 is 0 Å². The van der Waals surface area contributed by atoms with Crippen LogP contribution in [0.5, 0.6) is 0 Å². The van der Waals surface area contributed by atoms with Crippen molar-refractivity contribution >= 4 is 16.8 Å². The molecule has 0 saturated carbocycles. The highest BCUT2D eigenvalue weighted by Gasteiger charge is 2.19. The van der Waals surface area contributed by atoms with Gasteiger partial charge < -0.3 is 14.8 Å².